The Morgan fingerprint density at radius 3 is 2.15 bits per heavy atom. The number of nitrogens with zero attached hydrogens (tertiary/aromatic N) is 2. The molecule has 0 N–H and O–H groups in total. The van der Waals surface area contributed by atoms with Crippen LogP contribution in [-0.4, -0.2) is 60.8 Å². The summed E-state index contributed by atoms with van der Waals surface area (Å²) < 4.78 is 5.36. The average Bonchev–Trinajstić information content (AvgIpc) is 2.39. The van der Waals surface area contributed by atoms with Crippen LogP contribution in [0.25, 0.3) is 0 Å². The van der Waals surface area contributed by atoms with Gasteiger partial charge in [-0.2, -0.15) is 0 Å². The van der Waals surface area contributed by atoms with Crippen molar-refractivity contribution in [2.75, 3.05) is 32.8 Å². The maximum Gasteiger partial charge on any atom is 0.0645 e. The Kier molecular flexibility index (Phi) is 4.68. The lowest BCUT2D eigenvalue weighted by molar-refractivity contribution is -0.0984. The molecule has 1 saturated carbocycles. The van der Waals surface area contributed by atoms with Gasteiger partial charge in [-0.3, -0.25) is 9.80 Å². The van der Waals surface area contributed by atoms with Crippen molar-refractivity contribution >= 4 is 0 Å². The monoisotopic (exact) mass is 280 g/mol. The van der Waals surface area contributed by atoms with E-state index >= 15 is 0 Å². The molecule has 3 heteroatoms. The summed E-state index contributed by atoms with van der Waals surface area (Å²) >= 11 is 0. The zero-order chi connectivity index (χ0) is 14.1. The standard InChI is InChI=1S/C17H32N2O/c1-13(2)15-4-6-16(7-5-15)18-8-9-19(14(3)10-18)17-11-20-12-17/h13-17H,4-12H2,1-3H3/t14-,15?,16?/m1/s1. The SMILES string of the molecule is CC(C)C1CCC(N2CCN(C3COC3)[C@H](C)C2)CC1. The molecule has 20 heavy (non-hydrogen) atoms. The lowest BCUT2D eigenvalue weighted by Gasteiger charge is -2.49. The van der Waals surface area contributed by atoms with Crippen LogP contribution in [0.2, 0.25) is 0 Å². The Morgan fingerprint density at radius 1 is 0.950 bits per heavy atom. The largest absolute Gasteiger partial charge is 0.378 e. The molecule has 3 nitrogen and oxygen atoms in total. The zero-order valence-electron chi connectivity index (χ0n) is 13.6. The van der Waals surface area contributed by atoms with E-state index in [-0.39, 0.29) is 0 Å². The first-order valence-electron chi connectivity index (χ1n) is 8.72. The van der Waals surface area contributed by atoms with Gasteiger partial charge in [0.15, 0.2) is 0 Å². The molecule has 0 radical (unpaired) electrons. The molecule has 1 aliphatic carbocycles. The van der Waals surface area contributed by atoms with Crippen LogP contribution in [-0.2, 0) is 4.74 Å². The molecule has 2 aliphatic heterocycles. The molecule has 2 heterocycles. The summed E-state index contributed by atoms with van der Waals surface area (Å²) in [5, 5.41) is 0. The first-order valence-corrected chi connectivity index (χ1v) is 8.72. The molecule has 1 atom stereocenters. The van der Waals surface area contributed by atoms with Gasteiger partial charge in [-0.05, 0) is 44.4 Å². The predicted octanol–water partition coefficient (Wildman–Crippen LogP) is 2.61. The third-order valence-electron chi connectivity index (χ3n) is 6.00. The van der Waals surface area contributed by atoms with Gasteiger partial charge in [0.2, 0.25) is 0 Å². The maximum atomic E-state index is 5.36. The van der Waals surface area contributed by atoms with Gasteiger partial charge >= 0.3 is 0 Å². The van der Waals surface area contributed by atoms with Crippen LogP contribution in [0.4, 0.5) is 0 Å². The van der Waals surface area contributed by atoms with Gasteiger partial charge in [-0.25, -0.2) is 0 Å². The molecule has 2 saturated heterocycles. The Morgan fingerprint density at radius 2 is 1.65 bits per heavy atom. The summed E-state index contributed by atoms with van der Waals surface area (Å²) in [6, 6.07) is 2.29. The fourth-order valence-corrected chi connectivity index (χ4v) is 4.42. The number of rotatable bonds is 3. The first kappa shape index (κ1) is 14.8. The highest BCUT2D eigenvalue weighted by Gasteiger charge is 2.36. The second kappa shape index (κ2) is 6.33. The minimum atomic E-state index is 0.709. The van der Waals surface area contributed by atoms with Gasteiger partial charge in [0.25, 0.3) is 0 Å². The van der Waals surface area contributed by atoms with Crippen molar-refractivity contribution in [2.45, 2.75) is 64.6 Å². The number of hydrogen-bond acceptors (Lipinski definition) is 3. The molecule has 0 aromatic rings. The lowest BCUT2D eigenvalue weighted by Crippen LogP contribution is -2.62. The minimum absolute atomic E-state index is 0.709. The van der Waals surface area contributed by atoms with E-state index in [4.69, 9.17) is 4.74 Å². The van der Waals surface area contributed by atoms with Crippen LogP contribution in [0, 0.1) is 11.8 Å². The van der Waals surface area contributed by atoms with Gasteiger partial charge in [-0.1, -0.05) is 13.8 Å². The van der Waals surface area contributed by atoms with Crippen molar-refractivity contribution in [3.63, 3.8) is 0 Å². The van der Waals surface area contributed by atoms with Gasteiger partial charge in [-0.15, -0.1) is 0 Å². The Labute approximate surface area is 124 Å². The third-order valence-corrected chi connectivity index (χ3v) is 6.00. The van der Waals surface area contributed by atoms with E-state index in [0.717, 1.165) is 31.1 Å². The van der Waals surface area contributed by atoms with Crippen LogP contribution in [0.3, 0.4) is 0 Å². The van der Waals surface area contributed by atoms with E-state index in [1.54, 1.807) is 0 Å². The Bertz CT molecular complexity index is 308. The van der Waals surface area contributed by atoms with Crippen LogP contribution in [0.15, 0.2) is 0 Å². The molecule has 0 aromatic carbocycles. The second-order valence-corrected chi connectivity index (χ2v) is 7.59. The van der Waals surface area contributed by atoms with Crippen LogP contribution in [0.1, 0.15) is 46.5 Å². The van der Waals surface area contributed by atoms with Crippen molar-refractivity contribution in [1.82, 2.24) is 9.80 Å². The quantitative estimate of drug-likeness (QED) is 0.790. The Balaban J connectivity index is 1.48. The van der Waals surface area contributed by atoms with Gasteiger partial charge < -0.3 is 4.74 Å². The van der Waals surface area contributed by atoms with Crippen molar-refractivity contribution in [3.05, 3.63) is 0 Å². The molecule has 116 valence electrons. The second-order valence-electron chi connectivity index (χ2n) is 7.59. The summed E-state index contributed by atoms with van der Waals surface area (Å²) in [6.07, 6.45) is 5.77. The summed E-state index contributed by atoms with van der Waals surface area (Å²) in [6.45, 7) is 12.9. The summed E-state index contributed by atoms with van der Waals surface area (Å²) in [7, 11) is 0. The van der Waals surface area contributed by atoms with Crippen molar-refractivity contribution in [1.29, 1.82) is 0 Å². The van der Waals surface area contributed by atoms with E-state index in [0.29, 0.717) is 12.1 Å². The van der Waals surface area contributed by atoms with Crippen LogP contribution in [0.5, 0.6) is 0 Å². The maximum absolute atomic E-state index is 5.36. The fourth-order valence-electron chi connectivity index (χ4n) is 4.42. The van der Waals surface area contributed by atoms with E-state index in [2.05, 4.69) is 30.6 Å². The van der Waals surface area contributed by atoms with E-state index in [1.165, 1.54) is 45.3 Å². The van der Waals surface area contributed by atoms with Gasteiger partial charge in [0.1, 0.15) is 0 Å². The molecule has 0 aromatic heterocycles. The summed E-state index contributed by atoms with van der Waals surface area (Å²) in [5.41, 5.74) is 0. The molecule has 0 spiro atoms. The van der Waals surface area contributed by atoms with Gasteiger partial charge in [0.05, 0.1) is 19.3 Å². The minimum Gasteiger partial charge on any atom is -0.378 e. The third kappa shape index (κ3) is 3.05. The molecule has 0 amide bonds. The molecular formula is C17H32N2O. The molecule has 0 unspecified atom stereocenters. The topological polar surface area (TPSA) is 15.7 Å². The van der Waals surface area contributed by atoms with Crippen molar-refractivity contribution in [2.24, 2.45) is 11.8 Å². The zero-order valence-corrected chi connectivity index (χ0v) is 13.6. The summed E-state index contributed by atoms with van der Waals surface area (Å²) in [4.78, 5) is 5.47. The lowest BCUT2D eigenvalue weighted by atomic mass is 9.79. The highest BCUT2D eigenvalue weighted by molar-refractivity contribution is 4.90. The number of hydrogen-bond donors (Lipinski definition) is 0. The first-order chi connectivity index (χ1) is 9.65. The summed E-state index contributed by atoms with van der Waals surface area (Å²) in [5.74, 6) is 1.86. The molecular weight excluding hydrogens is 248 g/mol. The number of ether oxygens (including phenoxy) is 1. The van der Waals surface area contributed by atoms with Crippen molar-refractivity contribution in [3.8, 4) is 0 Å². The van der Waals surface area contributed by atoms with E-state index in [1.807, 2.05) is 0 Å². The predicted molar refractivity (Wildman–Crippen MR) is 82.9 cm³/mol. The smallest absolute Gasteiger partial charge is 0.0645 e. The van der Waals surface area contributed by atoms with Crippen LogP contribution < -0.4 is 0 Å². The van der Waals surface area contributed by atoms with Crippen molar-refractivity contribution < 1.29 is 4.74 Å². The molecule has 3 aliphatic rings. The highest BCUT2D eigenvalue weighted by Crippen LogP contribution is 2.33. The Hall–Kier alpha value is -0.120. The molecule has 3 rings (SSSR count). The molecule has 3 fully saturated rings. The van der Waals surface area contributed by atoms with E-state index in [9.17, 15) is 0 Å². The van der Waals surface area contributed by atoms with Crippen LogP contribution >= 0.6 is 0 Å². The van der Waals surface area contributed by atoms with E-state index < -0.39 is 0 Å². The highest BCUT2D eigenvalue weighted by atomic mass is 16.5. The number of piperazine rings is 1. The normalized spacial score (nSPS) is 38.1. The van der Waals surface area contributed by atoms with Gasteiger partial charge in [0, 0.05) is 31.7 Å². The fraction of sp³-hybridized carbons (Fsp3) is 1.00. The molecule has 0 bridgehead atoms. The average molecular weight is 280 g/mol.